The molecule has 3 aromatic carbocycles. The molecule has 0 saturated heterocycles. The number of hydrogen-bond acceptors (Lipinski definition) is 4. The lowest BCUT2D eigenvalue weighted by atomic mass is 9.86. The zero-order valence-corrected chi connectivity index (χ0v) is 20.0. The van der Waals surface area contributed by atoms with E-state index in [2.05, 4.69) is 15.9 Å². The van der Waals surface area contributed by atoms with Crippen LogP contribution in [0, 0.1) is 0 Å². The van der Waals surface area contributed by atoms with Gasteiger partial charge in [0.25, 0.3) is 0 Å². The second-order valence-corrected chi connectivity index (χ2v) is 8.37. The van der Waals surface area contributed by atoms with Gasteiger partial charge < -0.3 is 19.1 Å². The van der Waals surface area contributed by atoms with Gasteiger partial charge >= 0.3 is 0 Å². The van der Waals surface area contributed by atoms with Crippen molar-refractivity contribution in [3.63, 3.8) is 0 Å². The second-order valence-electron chi connectivity index (χ2n) is 7.46. The first kappa shape index (κ1) is 22.2. The van der Waals surface area contributed by atoms with Crippen LogP contribution in [0.25, 0.3) is 0 Å². The van der Waals surface area contributed by atoms with Crippen LogP contribution in [0.15, 0.2) is 65.1 Å². The molecular formula is C26H26BrNO4. The molecule has 0 radical (unpaired) electrons. The van der Waals surface area contributed by atoms with E-state index >= 15 is 0 Å². The number of methoxy groups -OCH3 is 1. The summed E-state index contributed by atoms with van der Waals surface area (Å²) in [6, 6.07) is 19.4. The van der Waals surface area contributed by atoms with E-state index in [4.69, 9.17) is 14.2 Å². The molecule has 0 N–H and O–H groups in total. The van der Waals surface area contributed by atoms with Crippen LogP contribution in [0.1, 0.15) is 36.6 Å². The third kappa shape index (κ3) is 4.32. The SMILES string of the molecule is CCOc1cc2c(cc1OCC)[C@@H](c1ccc(OC)cc1)N(c1ccc(Br)cc1)C(=O)C2. The lowest BCUT2D eigenvalue weighted by molar-refractivity contribution is -0.118. The lowest BCUT2D eigenvalue weighted by Crippen LogP contribution is -2.41. The molecule has 0 unspecified atom stereocenters. The summed E-state index contributed by atoms with van der Waals surface area (Å²) in [5.41, 5.74) is 3.83. The Hall–Kier alpha value is -2.99. The number of anilines is 1. The van der Waals surface area contributed by atoms with E-state index in [-0.39, 0.29) is 11.9 Å². The summed E-state index contributed by atoms with van der Waals surface area (Å²) in [7, 11) is 1.65. The summed E-state index contributed by atoms with van der Waals surface area (Å²) in [4.78, 5) is 15.3. The fraction of sp³-hybridized carbons (Fsp3) is 0.269. The van der Waals surface area contributed by atoms with Gasteiger partial charge in [-0.15, -0.1) is 0 Å². The minimum atomic E-state index is -0.298. The highest BCUT2D eigenvalue weighted by Crippen LogP contribution is 2.43. The molecule has 1 aliphatic heterocycles. The van der Waals surface area contributed by atoms with Gasteiger partial charge in [-0.05, 0) is 79.1 Å². The first-order valence-corrected chi connectivity index (χ1v) is 11.5. The quantitative estimate of drug-likeness (QED) is 0.407. The maximum atomic E-state index is 13.4. The third-order valence-corrected chi connectivity index (χ3v) is 6.03. The van der Waals surface area contributed by atoms with Crippen LogP contribution in [0.3, 0.4) is 0 Å². The zero-order valence-electron chi connectivity index (χ0n) is 18.4. The Kier molecular flexibility index (Phi) is 6.70. The molecule has 1 heterocycles. The fourth-order valence-corrected chi connectivity index (χ4v) is 4.37. The molecule has 0 bridgehead atoms. The zero-order chi connectivity index (χ0) is 22.7. The molecule has 32 heavy (non-hydrogen) atoms. The van der Waals surface area contributed by atoms with Gasteiger partial charge in [0.05, 0.1) is 32.8 Å². The highest BCUT2D eigenvalue weighted by molar-refractivity contribution is 9.10. The maximum Gasteiger partial charge on any atom is 0.232 e. The number of carbonyl (C=O) groups excluding carboxylic acids is 1. The van der Waals surface area contributed by atoms with Crippen molar-refractivity contribution < 1.29 is 19.0 Å². The minimum Gasteiger partial charge on any atom is -0.497 e. The Morgan fingerprint density at radius 3 is 2.16 bits per heavy atom. The van der Waals surface area contributed by atoms with Gasteiger partial charge in [0.15, 0.2) is 11.5 Å². The van der Waals surface area contributed by atoms with Crippen LogP contribution in [0.5, 0.6) is 17.2 Å². The van der Waals surface area contributed by atoms with Crippen molar-refractivity contribution in [1.82, 2.24) is 0 Å². The Labute approximate surface area is 197 Å². The maximum absolute atomic E-state index is 13.4. The summed E-state index contributed by atoms with van der Waals surface area (Å²) in [5, 5.41) is 0. The molecule has 1 atom stereocenters. The van der Waals surface area contributed by atoms with Gasteiger partial charge in [-0.2, -0.15) is 0 Å². The number of ether oxygens (including phenoxy) is 3. The molecule has 0 spiro atoms. The van der Waals surface area contributed by atoms with Crippen molar-refractivity contribution in [3.8, 4) is 17.2 Å². The molecular weight excluding hydrogens is 470 g/mol. The van der Waals surface area contributed by atoms with E-state index in [0.29, 0.717) is 31.1 Å². The molecule has 0 aliphatic carbocycles. The van der Waals surface area contributed by atoms with E-state index in [1.807, 2.05) is 79.4 Å². The molecule has 6 heteroatoms. The van der Waals surface area contributed by atoms with Crippen molar-refractivity contribution in [2.24, 2.45) is 0 Å². The van der Waals surface area contributed by atoms with Gasteiger partial charge in [0.2, 0.25) is 5.91 Å². The van der Waals surface area contributed by atoms with Crippen molar-refractivity contribution >= 4 is 27.5 Å². The monoisotopic (exact) mass is 495 g/mol. The molecule has 0 fully saturated rings. The summed E-state index contributed by atoms with van der Waals surface area (Å²) < 4.78 is 18.0. The van der Waals surface area contributed by atoms with Gasteiger partial charge in [-0.25, -0.2) is 0 Å². The van der Waals surface area contributed by atoms with Gasteiger partial charge in [0.1, 0.15) is 5.75 Å². The predicted octanol–water partition coefficient (Wildman–Crippen LogP) is 5.93. The third-order valence-electron chi connectivity index (χ3n) is 5.50. The number of amides is 1. The van der Waals surface area contributed by atoms with Crippen molar-refractivity contribution in [1.29, 1.82) is 0 Å². The summed E-state index contributed by atoms with van der Waals surface area (Å²) >= 11 is 3.49. The average molecular weight is 496 g/mol. The number of halogens is 1. The molecule has 0 aromatic heterocycles. The van der Waals surface area contributed by atoms with Crippen LogP contribution < -0.4 is 19.1 Å². The van der Waals surface area contributed by atoms with E-state index in [9.17, 15) is 4.79 Å². The summed E-state index contributed by atoms with van der Waals surface area (Å²) in [5.74, 6) is 2.17. The van der Waals surface area contributed by atoms with Crippen LogP contribution in [0.2, 0.25) is 0 Å². The fourth-order valence-electron chi connectivity index (χ4n) is 4.10. The largest absolute Gasteiger partial charge is 0.497 e. The topological polar surface area (TPSA) is 48.0 Å². The Morgan fingerprint density at radius 1 is 0.938 bits per heavy atom. The Balaban J connectivity index is 1.90. The second kappa shape index (κ2) is 9.65. The normalized spacial score (nSPS) is 15.3. The van der Waals surface area contributed by atoms with Gasteiger partial charge in [-0.3, -0.25) is 4.79 Å². The summed E-state index contributed by atoms with van der Waals surface area (Å²) in [6.45, 7) is 4.95. The molecule has 0 saturated carbocycles. The number of nitrogens with zero attached hydrogens (tertiary/aromatic N) is 1. The first-order chi connectivity index (χ1) is 15.5. The highest BCUT2D eigenvalue weighted by atomic mass is 79.9. The number of rotatable bonds is 7. The van der Waals surface area contributed by atoms with Crippen LogP contribution in [-0.2, 0) is 11.2 Å². The standard InChI is InChI=1S/C26H26BrNO4/c1-4-31-23-14-18-15-25(29)28(20-10-8-19(27)9-11-20)26(22(18)16-24(23)32-5-2)17-6-12-21(30-3)13-7-17/h6-14,16,26H,4-5,15H2,1-3H3/t26-/m1/s1. The minimum absolute atomic E-state index is 0.0345. The van der Waals surface area contributed by atoms with Crippen LogP contribution >= 0.6 is 15.9 Å². The molecule has 166 valence electrons. The number of fused-ring (bicyclic) bond motifs is 1. The number of hydrogen-bond donors (Lipinski definition) is 0. The Bertz CT molecular complexity index is 1100. The lowest BCUT2D eigenvalue weighted by Gasteiger charge is -2.38. The van der Waals surface area contributed by atoms with Gasteiger partial charge in [-0.1, -0.05) is 28.1 Å². The van der Waals surface area contributed by atoms with Crippen molar-refractivity contribution in [2.75, 3.05) is 25.2 Å². The van der Waals surface area contributed by atoms with Gasteiger partial charge in [0, 0.05) is 10.2 Å². The molecule has 5 nitrogen and oxygen atoms in total. The number of carbonyl (C=O) groups is 1. The molecule has 1 amide bonds. The molecule has 4 rings (SSSR count). The van der Waals surface area contributed by atoms with Crippen LogP contribution in [0.4, 0.5) is 5.69 Å². The highest BCUT2D eigenvalue weighted by Gasteiger charge is 2.36. The van der Waals surface area contributed by atoms with E-state index in [0.717, 1.165) is 32.6 Å². The van der Waals surface area contributed by atoms with Crippen molar-refractivity contribution in [2.45, 2.75) is 26.3 Å². The van der Waals surface area contributed by atoms with Crippen molar-refractivity contribution in [3.05, 3.63) is 81.8 Å². The molecule has 1 aliphatic rings. The molecule has 3 aromatic rings. The Morgan fingerprint density at radius 2 is 1.56 bits per heavy atom. The number of benzene rings is 3. The summed E-state index contributed by atoms with van der Waals surface area (Å²) in [6.07, 6.45) is 0.296. The van der Waals surface area contributed by atoms with E-state index in [1.54, 1.807) is 7.11 Å². The first-order valence-electron chi connectivity index (χ1n) is 10.7. The average Bonchev–Trinajstić information content (AvgIpc) is 2.80. The smallest absolute Gasteiger partial charge is 0.232 e. The van der Waals surface area contributed by atoms with E-state index in [1.165, 1.54) is 0 Å². The van der Waals surface area contributed by atoms with Crippen LogP contribution in [-0.4, -0.2) is 26.2 Å². The van der Waals surface area contributed by atoms with E-state index < -0.39 is 0 Å². The predicted molar refractivity (Wildman–Crippen MR) is 129 cm³/mol.